The van der Waals surface area contributed by atoms with Crippen LogP contribution < -0.4 is 5.32 Å². The molecule has 5 heteroatoms. The van der Waals surface area contributed by atoms with Crippen molar-refractivity contribution < 1.29 is 14.3 Å². The van der Waals surface area contributed by atoms with Gasteiger partial charge in [0.05, 0.1) is 13.0 Å². The largest absolute Gasteiger partial charge is 0.383 e. The summed E-state index contributed by atoms with van der Waals surface area (Å²) >= 11 is 1.43. The first-order chi connectivity index (χ1) is 9.49. The van der Waals surface area contributed by atoms with E-state index in [1.807, 2.05) is 17.5 Å². The molecule has 0 saturated carbocycles. The van der Waals surface area contributed by atoms with Crippen LogP contribution in [0.3, 0.4) is 0 Å². The Balaban J connectivity index is 1.91. The van der Waals surface area contributed by atoms with Crippen molar-refractivity contribution in [2.45, 2.75) is 18.9 Å². The van der Waals surface area contributed by atoms with Gasteiger partial charge >= 0.3 is 0 Å². The Morgan fingerprint density at radius 2 is 2.10 bits per heavy atom. The molecule has 3 nitrogen and oxygen atoms in total. The van der Waals surface area contributed by atoms with Crippen molar-refractivity contribution in [1.82, 2.24) is 5.32 Å². The van der Waals surface area contributed by atoms with E-state index in [4.69, 9.17) is 0 Å². The van der Waals surface area contributed by atoms with Crippen molar-refractivity contribution >= 4 is 17.2 Å². The molecule has 0 bridgehead atoms. The molecule has 0 fully saturated rings. The Bertz CT molecular complexity index is 581. The van der Waals surface area contributed by atoms with Crippen LogP contribution in [-0.4, -0.2) is 17.6 Å². The number of aliphatic hydroxyl groups is 1. The standard InChI is InChI=1S/C15H16FNO2S/c1-15(19,13-7-4-8-20-13)10-17-14(18)9-11-5-2-3-6-12(11)16/h2-8,19H,9-10H2,1H3,(H,17,18). The molecule has 1 unspecified atom stereocenters. The van der Waals surface area contributed by atoms with Gasteiger partial charge in [0, 0.05) is 4.88 Å². The van der Waals surface area contributed by atoms with E-state index in [0.717, 1.165) is 4.88 Å². The Morgan fingerprint density at radius 3 is 2.75 bits per heavy atom. The van der Waals surface area contributed by atoms with Gasteiger partial charge in [0.25, 0.3) is 0 Å². The van der Waals surface area contributed by atoms with Crippen molar-refractivity contribution in [1.29, 1.82) is 0 Å². The number of halogens is 1. The SMILES string of the molecule is CC(O)(CNC(=O)Cc1ccccc1F)c1cccs1. The number of amides is 1. The lowest BCUT2D eigenvalue weighted by molar-refractivity contribution is -0.121. The molecular formula is C15H16FNO2S. The predicted octanol–water partition coefficient (Wildman–Crippen LogP) is 2.45. The molecule has 0 spiro atoms. The Hall–Kier alpha value is -1.72. The molecule has 20 heavy (non-hydrogen) atoms. The molecule has 0 aliphatic heterocycles. The first kappa shape index (κ1) is 14.7. The summed E-state index contributed by atoms with van der Waals surface area (Å²) in [6.45, 7) is 1.74. The third-order valence-electron chi connectivity index (χ3n) is 2.99. The first-order valence-corrected chi connectivity index (χ1v) is 7.13. The van der Waals surface area contributed by atoms with Gasteiger partial charge in [-0.3, -0.25) is 4.79 Å². The number of benzene rings is 1. The van der Waals surface area contributed by atoms with Crippen molar-refractivity contribution in [3.63, 3.8) is 0 Å². The third kappa shape index (κ3) is 3.65. The third-order valence-corrected chi connectivity index (χ3v) is 4.11. The van der Waals surface area contributed by atoms with Crippen molar-refractivity contribution in [3.05, 3.63) is 58.0 Å². The summed E-state index contributed by atoms with van der Waals surface area (Å²) in [7, 11) is 0. The number of carbonyl (C=O) groups is 1. The number of carbonyl (C=O) groups excluding carboxylic acids is 1. The average Bonchev–Trinajstić information content (AvgIpc) is 2.94. The number of rotatable bonds is 5. The fraction of sp³-hybridized carbons (Fsp3) is 0.267. The highest BCUT2D eigenvalue weighted by Crippen LogP contribution is 2.24. The highest BCUT2D eigenvalue weighted by atomic mass is 32.1. The molecule has 1 heterocycles. The lowest BCUT2D eigenvalue weighted by Crippen LogP contribution is -2.38. The maximum atomic E-state index is 13.4. The van der Waals surface area contributed by atoms with E-state index < -0.39 is 11.4 Å². The van der Waals surface area contributed by atoms with Crippen molar-refractivity contribution in [3.8, 4) is 0 Å². The lowest BCUT2D eigenvalue weighted by Gasteiger charge is -2.22. The summed E-state index contributed by atoms with van der Waals surface area (Å²) in [5, 5.41) is 14.8. The van der Waals surface area contributed by atoms with Gasteiger partial charge in [0.1, 0.15) is 11.4 Å². The van der Waals surface area contributed by atoms with Crippen LogP contribution in [0, 0.1) is 5.82 Å². The van der Waals surface area contributed by atoms with Gasteiger partial charge in [-0.2, -0.15) is 0 Å². The zero-order valence-corrected chi connectivity index (χ0v) is 11.9. The first-order valence-electron chi connectivity index (χ1n) is 6.25. The number of hydrogen-bond acceptors (Lipinski definition) is 3. The zero-order valence-electron chi connectivity index (χ0n) is 11.1. The molecule has 1 amide bonds. The van der Waals surface area contributed by atoms with Gasteiger partial charge in [-0.05, 0) is 30.0 Å². The molecular weight excluding hydrogens is 277 g/mol. The van der Waals surface area contributed by atoms with E-state index >= 15 is 0 Å². The minimum Gasteiger partial charge on any atom is -0.383 e. The second-order valence-corrected chi connectivity index (χ2v) is 5.74. The molecule has 106 valence electrons. The fourth-order valence-corrected chi connectivity index (χ4v) is 2.61. The molecule has 0 radical (unpaired) electrons. The minimum absolute atomic E-state index is 0.0345. The topological polar surface area (TPSA) is 49.3 Å². The number of thiophene rings is 1. The minimum atomic E-state index is -1.11. The molecule has 2 aromatic rings. The van der Waals surface area contributed by atoms with Gasteiger partial charge in [-0.1, -0.05) is 24.3 Å². The van der Waals surface area contributed by atoms with Gasteiger partial charge in [0.2, 0.25) is 5.91 Å². The van der Waals surface area contributed by atoms with E-state index in [2.05, 4.69) is 5.32 Å². The van der Waals surface area contributed by atoms with Gasteiger partial charge < -0.3 is 10.4 Å². The smallest absolute Gasteiger partial charge is 0.224 e. The number of nitrogens with one attached hydrogen (secondary N) is 1. The molecule has 0 aliphatic carbocycles. The molecule has 1 atom stereocenters. The summed E-state index contributed by atoms with van der Waals surface area (Å²) < 4.78 is 13.4. The maximum absolute atomic E-state index is 13.4. The van der Waals surface area contributed by atoms with Crippen LogP contribution in [0.1, 0.15) is 17.4 Å². The molecule has 0 saturated heterocycles. The molecule has 2 rings (SSSR count). The summed E-state index contributed by atoms with van der Waals surface area (Å²) in [4.78, 5) is 12.6. The van der Waals surface area contributed by atoms with Crippen LogP contribution >= 0.6 is 11.3 Å². The van der Waals surface area contributed by atoms with Crippen LogP contribution in [0.2, 0.25) is 0 Å². The summed E-state index contributed by atoms with van der Waals surface area (Å²) in [5.74, 6) is -0.709. The van der Waals surface area contributed by atoms with E-state index in [1.165, 1.54) is 17.4 Å². The van der Waals surface area contributed by atoms with Crippen LogP contribution in [0.15, 0.2) is 41.8 Å². The molecule has 2 N–H and O–H groups in total. The van der Waals surface area contributed by atoms with Crippen LogP contribution in [0.25, 0.3) is 0 Å². The Morgan fingerprint density at radius 1 is 1.35 bits per heavy atom. The second-order valence-electron chi connectivity index (χ2n) is 4.80. The maximum Gasteiger partial charge on any atom is 0.224 e. The lowest BCUT2D eigenvalue weighted by atomic mass is 10.0. The van der Waals surface area contributed by atoms with Crippen LogP contribution in [0.5, 0.6) is 0 Å². The summed E-state index contributed by atoms with van der Waals surface area (Å²) in [5.41, 5.74) is -0.764. The fourth-order valence-electron chi connectivity index (χ4n) is 1.82. The molecule has 1 aromatic heterocycles. The van der Waals surface area contributed by atoms with E-state index in [1.54, 1.807) is 25.1 Å². The van der Waals surface area contributed by atoms with E-state index in [0.29, 0.717) is 5.56 Å². The zero-order chi connectivity index (χ0) is 14.6. The highest BCUT2D eigenvalue weighted by molar-refractivity contribution is 7.10. The summed E-state index contributed by atoms with van der Waals surface area (Å²) in [6.07, 6.45) is -0.0345. The summed E-state index contributed by atoms with van der Waals surface area (Å²) in [6, 6.07) is 9.83. The number of hydrogen-bond donors (Lipinski definition) is 2. The Labute approximate surface area is 121 Å². The van der Waals surface area contributed by atoms with Crippen LogP contribution in [-0.2, 0) is 16.8 Å². The average molecular weight is 293 g/mol. The highest BCUT2D eigenvalue weighted by Gasteiger charge is 2.24. The Kier molecular flexibility index (Phi) is 4.52. The molecule has 0 aliphatic rings. The van der Waals surface area contributed by atoms with E-state index in [-0.39, 0.29) is 18.9 Å². The quantitative estimate of drug-likeness (QED) is 0.889. The van der Waals surface area contributed by atoms with Crippen LogP contribution in [0.4, 0.5) is 4.39 Å². The van der Waals surface area contributed by atoms with E-state index in [9.17, 15) is 14.3 Å². The van der Waals surface area contributed by atoms with Gasteiger partial charge in [-0.25, -0.2) is 4.39 Å². The monoisotopic (exact) mass is 293 g/mol. The van der Waals surface area contributed by atoms with Crippen molar-refractivity contribution in [2.75, 3.05) is 6.54 Å². The normalized spacial score (nSPS) is 13.8. The second kappa shape index (κ2) is 6.15. The van der Waals surface area contributed by atoms with Gasteiger partial charge in [-0.15, -0.1) is 11.3 Å². The van der Waals surface area contributed by atoms with Gasteiger partial charge in [0.15, 0.2) is 0 Å². The predicted molar refractivity (Wildman–Crippen MR) is 77.0 cm³/mol. The van der Waals surface area contributed by atoms with Crippen molar-refractivity contribution in [2.24, 2.45) is 0 Å². The molecule has 1 aromatic carbocycles.